The summed E-state index contributed by atoms with van der Waals surface area (Å²) < 4.78 is 27.2. The number of nitrogens with zero attached hydrogens (tertiary/aromatic N) is 1. The predicted octanol–water partition coefficient (Wildman–Crippen LogP) is 3.09. The molecule has 0 atom stereocenters. The summed E-state index contributed by atoms with van der Waals surface area (Å²) in [6.45, 7) is 2.10. The first kappa shape index (κ1) is 13.9. The van der Waals surface area contributed by atoms with Gasteiger partial charge in [0.25, 0.3) is 10.0 Å². The quantitative estimate of drug-likeness (QED) is 0.944. The van der Waals surface area contributed by atoms with Gasteiger partial charge in [0.2, 0.25) is 0 Å². The van der Waals surface area contributed by atoms with Crippen molar-refractivity contribution in [3.05, 3.63) is 54.6 Å². The van der Waals surface area contributed by atoms with Crippen LogP contribution in [0.3, 0.4) is 0 Å². The summed E-state index contributed by atoms with van der Waals surface area (Å²) >= 11 is 0. The van der Waals surface area contributed by atoms with Crippen molar-refractivity contribution in [2.75, 3.05) is 22.7 Å². The standard InChI is InChI=1S/C16H18N2O2S/c19-21(20,17-14-6-2-1-3-7-14)16-10-8-15(9-11-16)18-12-4-5-13-18/h1-3,6-11,17H,4-5,12-13H2. The lowest BCUT2D eigenvalue weighted by Crippen LogP contribution is -2.18. The van der Waals surface area contributed by atoms with Gasteiger partial charge >= 0.3 is 0 Å². The largest absolute Gasteiger partial charge is 0.372 e. The van der Waals surface area contributed by atoms with Crippen LogP contribution in [0.4, 0.5) is 11.4 Å². The van der Waals surface area contributed by atoms with Gasteiger partial charge < -0.3 is 4.90 Å². The van der Waals surface area contributed by atoms with Crippen LogP contribution < -0.4 is 9.62 Å². The van der Waals surface area contributed by atoms with Crippen molar-refractivity contribution in [1.29, 1.82) is 0 Å². The monoisotopic (exact) mass is 302 g/mol. The third-order valence-corrected chi connectivity index (χ3v) is 5.04. The Labute approximate surface area is 125 Å². The number of hydrogen-bond donors (Lipinski definition) is 1. The fraction of sp³-hybridized carbons (Fsp3) is 0.250. The zero-order chi connectivity index (χ0) is 14.7. The Morgan fingerprint density at radius 2 is 1.48 bits per heavy atom. The van der Waals surface area contributed by atoms with Crippen LogP contribution in [0, 0.1) is 0 Å². The number of anilines is 2. The average Bonchev–Trinajstić information content (AvgIpc) is 3.02. The summed E-state index contributed by atoms with van der Waals surface area (Å²) in [7, 11) is -3.52. The summed E-state index contributed by atoms with van der Waals surface area (Å²) in [5.74, 6) is 0. The smallest absolute Gasteiger partial charge is 0.261 e. The molecule has 2 aromatic carbocycles. The van der Waals surface area contributed by atoms with Crippen molar-refractivity contribution >= 4 is 21.4 Å². The SMILES string of the molecule is O=S(=O)(Nc1ccccc1)c1ccc(N2CCCC2)cc1. The summed E-state index contributed by atoms with van der Waals surface area (Å²) in [6, 6.07) is 16.0. The third kappa shape index (κ3) is 3.19. The first-order valence-corrected chi connectivity index (χ1v) is 8.56. The minimum Gasteiger partial charge on any atom is -0.372 e. The van der Waals surface area contributed by atoms with E-state index in [0.29, 0.717) is 5.69 Å². The first-order chi connectivity index (χ1) is 10.1. The molecule has 1 heterocycles. The van der Waals surface area contributed by atoms with Gasteiger partial charge in [0.05, 0.1) is 4.90 Å². The van der Waals surface area contributed by atoms with Crippen molar-refractivity contribution in [2.45, 2.75) is 17.7 Å². The van der Waals surface area contributed by atoms with Gasteiger partial charge in [-0.25, -0.2) is 8.42 Å². The third-order valence-electron chi connectivity index (χ3n) is 3.64. The van der Waals surface area contributed by atoms with E-state index >= 15 is 0 Å². The molecule has 0 amide bonds. The molecular weight excluding hydrogens is 284 g/mol. The zero-order valence-electron chi connectivity index (χ0n) is 11.7. The Bertz CT molecular complexity index is 691. The second-order valence-electron chi connectivity index (χ2n) is 5.16. The van der Waals surface area contributed by atoms with Crippen LogP contribution in [0.1, 0.15) is 12.8 Å². The second-order valence-corrected chi connectivity index (χ2v) is 6.84. The van der Waals surface area contributed by atoms with Crippen LogP contribution in [0.15, 0.2) is 59.5 Å². The molecule has 110 valence electrons. The first-order valence-electron chi connectivity index (χ1n) is 7.08. The fourth-order valence-corrected chi connectivity index (χ4v) is 3.59. The van der Waals surface area contributed by atoms with E-state index in [1.54, 1.807) is 36.4 Å². The Kier molecular flexibility index (Phi) is 3.84. The maximum Gasteiger partial charge on any atom is 0.261 e. The molecule has 21 heavy (non-hydrogen) atoms. The molecule has 1 aliphatic heterocycles. The van der Waals surface area contributed by atoms with Gasteiger partial charge in [-0.05, 0) is 49.2 Å². The lowest BCUT2D eigenvalue weighted by molar-refractivity contribution is 0.601. The number of sulfonamides is 1. The molecule has 4 nitrogen and oxygen atoms in total. The molecule has 0 unspecified atom stereocenters. The minimum atomic E-state index is -3.52. The molecule has 2 aromatic rings. The average molecular weight is 302 g/mol. The highest BCUT2D eigenvalue weighted by Gasteiger charge is 2.16. The van der Waals surface area contributed by atoms with E-state index in [0.717, 1.165) is 18.8 Å². The summed E-state index contributed by atoms with van der Waals surface area (Å²) in [5.41, 5.74) is 1.66. The van der Waals surface area contributed by atoms with Gasteiger partial charge in [-0.2, -0.15) is 0 Å². The highest BCUT2D eigenvalue weighted by atomic mass is 32.2. The Morgan fingerprint density at radius 3 is 2.10 bits per heavy atom. The van der Waals surface area contributed by atoms with E-state index in [1.165, 1.54) is 12.8 Å². The molecule has 0 radical (unpaired) electrons. The summed E-state index contributed by atoms with van der Waals surface area (Å²) in [5, 5.41) is 0. The second kappa shape index (κ2) is 5.77. The van der Waals surface area contributed by atoms with Crippen molar-refractivity contribution in [2.24, 2.45) is 0 Å². The molecule has 0 aromatic heterocycles. The lowest BCUT2D eigenvalue weighted by Gasteiger charge is -2.17. The number of nitrogens with one attached hydrogen (secondary N) is 1. The van der Waals surface area contributed by atoms with E-state index in [9.17, 15) is 8.42 Å². The maximum atomic E-state index is 12.3. The van der Waals surface area contributed by atoms with Gasteiger partial charge in [0.1, 0.15) is 0 Å². The Balaban J connectivity index is 1.79. The summed E-state index contributed by atoms with van der Waals surface area (Å²) in [6.07, 6.45) is 2.41. The van der Waals surface area contributed by atoms with Gasteiger partial charge in [-0.1, -0.05) is 18.2 Å². The Morgan fingerprint density at radius 1 is 0.857 bits per heavy atom. The number of hydrogen-bond acceptors (Lipinski definition) is 3. The molecular formula is C16H18N2O2S. The van der Waals surface area contributed by atoms with Crippen LogP contribution in [0.5, 0.6) is 0 Å². The molecule has 1 saturated heterocycles. The van der Waals surface area contributed by atoms with Crippen molar-refractivity contribution in [1.82, 2.24) is 0 Å². The van der Waals surface area contributed by atoms with E-state index in [4.69, 9.17) is 0 Å². The molecule has 5 heteroatoms. The molecule has 3 rings (SSSR count). The van der Waals surface area contributed by atoms with Gasteiger partial charge in [0.15, 0.2) is 0 Å². The van der Waals surface area contributed by atoms with E-state index in [1.807, 2.05) is 18.2 Å². The van der Waals surface area contributed by atoms with Crippen LogP contribution in [0.2, 0.25) is 0 Å². The van der Waals surface area contributed by atoms with Crippen molar-refractivity contribution < 1.29 is 8.42 Å². The minimum absolute atomic E-state index is 0.286. The van der Waals surface area contributed by atoms with Crippen LogP contribution >= 0.6 is 0 Å². The van der Waals surface area contributed by atoms with Crippen molar-refractivity contribution in [3.63, 3.8) is 0 Å². The molecule has 0 aliphatic carbocycles. The lowest BCUT2D eigenvalue weighted by atomic mass is 10.3. The number of para-hydroxylation sites is 1. The maximum absolute atomic E-state index is 12.3. The molecule has 0 spiro atoms. The van der Waals surface area contributed by atoms with E-state index < -0.39 is 10.0 Å². The molecule has 0 bridgehead atoms. The Hall–Kier alpha value is -2.01. The zero-order valence-corrected chi connectivity index (χ0v) is 12.5. The molecule has 1 N–H and O–H groups in total. The fourth-order valence-electron chi connectivity index (χ4n) is 2.53. The van der Waals surface area contributed by atoms with Gasteiger partial charge in [-0.15, -0.1) is 0 Å². The normalized spacial score (nSPS) is 15.1. The van der Waals surface area contributed by atoms with E-state index in [-0.39, 0.29) is 4.90 Å². The highest BCUT2D eigenvalue weighted by molar-refractivity contribution is 7.92. The molecule has 1 aliphatic rings. The van der Waals surface area contributed by atoms with Gasteiger partial charge in [0, 0.05) is 24.5 Å². The van der Waals surface area contributed by atoms with Crippen LogP contribution in [0.25, 0.3) is 0 Å². The predicted molar refractivity (Wildman–Crippen MR) is 85.1 cm³/mol. The summed E-state index contributed by atoms with van der Waals surface area (Å²) in [4.78, 5) is 2.57. The van der Waals surface area contributed by atoms with Crippen LogP contribution in [-0.2, 0) is 10.0 Å². The van der Waals surface area contributed by atoms with Crippen LogP contribution in [-0.4, -0.2) is 21.5 Å². The van der Waals surface area contributed by atoms with E-state index in [2.05, 4.69) is 9.62 Å². The highest BCUT2D eigenvalue weighted by Crippen LogP contribution is 2.23. The molecule has 0 saturated carbocycles. The number of rotatable bonds is 4. The number of benzene rings is 2. The topological polar surface area (TPSA) is 49.4 Å². The molecule has 1 fully saturated rings. The van der Waals surface area contributed by atoms with Crippen molar-refractivity contribution in [3.8, 4) is 0 Å². The van der Waals surface area contributed by atoms with Gasteiger partial charge in [-0.3, -0.25) is 4.72 Å².